The standard InChI is InChI=1S/C16H13ClN2O3/c1-19-12-5-3-2-4-10(12)16(20)18-15(19)9-6-11(17)14-13(7-9)21-8-22-14/h2-7,15H,8H2,1H3,(H,18,20)/t15-/m0/s1. The number of carbonyl (C=O) groups is 1. The highest BCUT2D eigenvalue weighted by Gasteiger charge is 2.31. The van der Waals surface area contributed by atoms with Gasteiger partial charge in [0.15, 0.2) is 11.5 Å². The highest BCUT2D eigenvalue weighted by Crippen LogP contribution is 2.42. The fourth-order valence-electron chi connectivity index (χ4n) is 2.86. The summed E-state index contributed by atoms with van der Waals surface area (Å²) >= 11 is 6.24. The highest BCUT2D eigenvalue weighted by atomic mass is 35.5. The van der Waals surface area contributed by atoms with Gasteiger partial charge in [0.25, 0.3) is 5.91 Å². The molecule has 2 aliphatic heterocycles. The van der Waals surface area contributed by atoms with Crippen LogP contribution in [0.5, 0.6) is 11.5 Å². The van der Waals surface area contributed by atoms with Gasteiger partial charge in [0.05, 0.1) is 16.3 Å². The fourth-order valence-corrected chi connectivity index (χ4v) is 3.14. The molecule has 0 saturated heterocycles. The second-order valence-electron chi connectivity index (χ2n) is 5.24. The molecule has 2 aromatic rings. The van der Waals surface area contributed by atoms with Crippen molar-refractivity contribution in [3.05, 3.63) is 52.5 Å². The van der Waals surface area contributed by atoms with Gasteiger partial charge in [-0.1, -0.05) is 23.7 Å². The number of nitrogens with one attached hydrogen (secondary N) is 1. The molecule has 0 aromatic heterocycles. The van der Waals surface area contributed by atoms with Gasteiger partial charge in [0.2, 0.25) is 6.79 Å². The minimum Gasteiger partial charge on any atom is -0.454 e. The van der Waals surface area contributed by atoms with Crippen molar-refractivity contribution in [2.45, 2.75) is 6.17 Å². The smallest absolute Gasteiger partial charge is 0.255 e. The Bertz CT molecular complexity index is 778. The van der Waals surface area contributed by atoms with Crippen molar-refractivity contribution in [1.82, 2.24) is 5.32 Å². The minimum absolute atomic E-state index is 0.104. The molecule has 1 amide bonds. The molecule has 0 fully saturated rings. The van der Waals surface area contributed by atoms with E-state index in [9.17, 15) is 4.79 Å². The highest BCUT2D eigenvalue weighted by molar-refractivity contribution is 6.32. The van der Waals surface area contributed by atoms with Crippen LogP contribution in [-0.2, 0) is 0 Å². The van der Waals surface area contributed by atoms with Crippen molar-refractivity contribution >= 4 is 23.2 Å². The van der Waals surface area contributed by atoms with Crippen molar-refractivity contribution in [2.75, 3.05) is 18.7 Å². The largest absolute Gasteiger partial charge is 0.454 e. The average Bonchev–Trinajstić information content (AvgIpc) is 3.00. The first-order valence-corrected chi connectivity index (χ1v) is 7.25. The van der Waals surface area contributed by atoms with Crippen molar-refractivity contribution < 1.29 is 14.3 Å². The van der Waals surface area contributed by atoms with Crippen molar-refractivity contribution in [3.8, 4) is 11.5 Å². The molecule has 1 atom stereocenters. The first kappa shape index (κ1) is 13.3. The molecule has 22 heavy (non-hydrogen) atoms. The van der Waals surface area contributed by atoms with Gasteiger partial charge >= 0.3 is 0 Å². The Morgan fingerprint density at radius 1 is 1.27 bits per heavy atom. The molecule has 6 heteroatoms. The number of ether oxygens (including phenoxy) is 2. The van der Waals surface area contributed by atoms with Crippen LogP contribution < -0.4 is 19.7 Å². The lowest BCUT2D eigenvalue weighted by Crippen LogP contribution is -2.44. The van der Waals surface area contributed by atoms with Crippen LogP contribution in [0.25, 0.3) is 0 Å². The Morgan fingerprint density at radius 2 is 2.09 bits per heavy atom. The van der Waals surface area contributed by atoms with Crippen LogP contribution in [0.1, 0.15) is 22.1 Å². The van der Waals surface area contributed by atoms with Crippen LogP contribution in [0.15, 0.2) is 36.4 Å². The number of carbonyl (C=O) groups excluding carboxylic acids is 1. The van der Waals surface area contributed by atoms with Crippen LogP contribution >= 0.6 is 11.6 Å². The van der Waals surface area contributed by atoms with Gasteiger partial charge in [-0.15, -0.1) is 0 Å². The number of rotatable bonds is 1. The molecule has 2 aliphatic rings. The first-order valence-electron chi connectivity index (χ1n) is 6.87. The molecule has 5 nitrogen and oxygen atoms in total. The number of fused-ring (bicyclic) bond motifs is 2. The van der Waals surface area contributed by atoms with Gasteiger partial charge in [0.1, 0.15) is 6.17 Å². The third-order valence-electron chi connectivity index (χ3n) is 3.95. The first-order chi connectivity index (χ1) is 10.6. The topological polar surface area (TPSA) is 50.8 Å². The lowest BCUT2D eigenvalue weighted by Gasteiger charge is -2.36. The maximum absolute atomic E-state index is 12.3. The number of hydrogen-bond acceptors (Lipinski definition) is 4. The fraction of sp³-hybridized carbons (Fsp3) is 0.188. The van der Waals surface area contributed by atoms with E-state index in [2.05, 4.69) is 5.32 Å². The molecule has 112 valence electrons. The van der Waals surface area contributed by atoms with Crippen LogP contribution in [0.3, 0.4) is 0 Å². The second kappa shape index (κ2) is 4.81. The second-order valence-corrected chi connectivity index (χ2v) is 5.65. The van der Waals surface area contributed by atoms with E-state index >= 15 is 0 Å². The lowest BCUT2D eigenvalue weighted by atomic mass is 10.0. The number of nitrogens with zero attached hydrogens (tertiary/aromatic N) is 1. The van der Waals surface area contributed by atoms with E-state index in [1.807, 2.05) is 42.3 Å². The number of halogens is 1. The summed E-state index contributed by atoms with van der Waals surface area (Å²) in [6.07, 6.45) is -0.311. The molecule has 0 spiro atoms. The molecule has 4 rings (SSSR count). The van der Waals surface area contributed by atoms with E-state index in [-0.39, 0.29) is 18.9 Å². The van der Waals surface area contributed by atoms with Crippen molar-refractivity contribution in [2.24, 2.45) is 0 Å². The van der Waals surface area contributed by atoms with E-state index in [0.29, 0.717) is 22.1 Å². The van der Waals surface area contributed by atoms with Gasteiger partial charge < -0.3 is 19.7 Å². The zero-order valence-corrected chi connectivity index (χ0v) is 12.6. The van der Waals surface area contributed by atoms with Gasteiger partial charge in [-0.2, -0.15) is 0 Å². The number of benzene rings is 2. The number of hydrogen-bond donors (Lipinski definition) is 1. The van der Waals surface area contributed by atoms with Gasteiger partial charge in [0, 0.05) is 12.6 Å². The monoisotopic (exact) mass is 316 g/mol. The molecule has 1 N–H and O–H groups in total. The molecule has 0 aliphatic carbocycles. The molecule has 0 bridgehead atoms. The Labute approximate surface area is 132 Å². The molecule has 2 aromatic carbocycles. The lowest BCUT2D eigenvalue weighted by molar-refractivity contribution is 0.0928. The SMILES string of the molecule is CN1c2ccccc2C(=O)N[C@@H]1c1cc(Cl)c2c(c1)OCO2. The summed E-state index contributed by atoms with van der Waals surface area (Å²) < 4.78 is 10.7. The summed E-state index contributed by atoms with van der Waals surface area (Å²) in [5.41, 5.74) is 2.39. The summed E-state index contributed by atoms with van der Waals surface area (Å²) in [6.45, 7) is 0.161. The van der Waals surface area contributed by atoms with E-state index in [0.717, 1.165) is 11.3 Å². The zero-order chi connectivity index (χ0) is 15.3. The summed E-state index contributed by atoms with van der Waals surface area (Å²) in [4.78, 5) is 14.3. The van der Waals surface area contributed by atoms with E-state index in [1.54, 1.807) is 6.07 Å². The van der Waals surface area contributed by atoms with Crippen molar-refractivity contribution in [1.29, 1.82) is 0 Å². The summed E-state index contributed by atoms with van der Waals surface area (Å²) in [5.74, 6) is 1.05. The Morgan fingerprint density at radius 3 is 2.95 bits per heavy atom. The minimum atomic E-state index is -0.311. The van der Waals surface area contributed by atoms with Gasteiger partial charge in [-0.3, -0.25) is 4.79 Å². The zero-order valence-electron chi connectivity index (χ0n) is 11.8. The molecular formula is C16H13ClN2O3. The summed E-state index contributed by atoms with van der Waals surface area (Å²) in [6, 6.07) is 11.1. The maximum atomic E-state index is 12.3. The summed E-state index contributed by atoms with van der Waals surface area (Å²) in [7, 11) is 1.93. The molecule has 0 radical (unpaired) electrons. The quantitative estimate of drug-likeness (QED) is 0.879. The van der Waals surface area contributed by atoms with Crippen LogP contribution in [-0.4, -0.2) is 19.7 Å². The molecule has 0 unspecified atom stereocenters. The Kier molecular flexibility index (Phi) is 2.90. The van der Waals surface area contributed by atoms with E-state index < -0.39 is 0 Å². The third kappa shape index (κ3) is 1.89. The van der Waals surface area contributed by atoms with Crippen LogP contribution in [0, 0.1) is 0 Å². The van der Waals surface area contributed by atoms with Gasteiger partial charge in [-0.25, -0.2) is 0 Å². The Balaban J connectivity index is 1.78. The van der Waals surface area contributed by atoms with E-state index in [1.165, 1.54) is 0 Å². The van der Waals surface area contributed by atoms with E-state index in [4.69, 9.17) is 21.1 Å². The molecule has 2 heterocycles. The Hall–Kier alpha value is -2.40. The maximum Gasteiger partial charge on any atom is 0.255 e. The third-order valence-corrected chi connectivity index (χ3v) is 4.23. The number of anilines is 1. The predicted octanol–water partition coefficient (Wildman–Crippen LogP) is 2.95. The summed E-state index contributed by atoms with van der Waals surface area (Å²) in [5, 5.41) is 3.47. The normalized spacial score (nSPS) is 18.9. The average molecular weight is 317 g/mol. The number of amides is 1. The van der Waals surface area contributed by atoms with Crippen LogP contribution in [0.4, 0.5) is 5.69 Å². The number of para-hydroxylation sites is 1. The predicted molar refractivity (Wildman–Crippen MR) is 82.6 cm³/mol. The van der Waals surface area contributed by atoms with Gasteiger partial charge in [-0.05, 0) is 24.3 Å². The molecule has 0 saturated carbocycles. The molecular weight excluding hydrogens is 304 g/mol. The van der Waals surface area contributed by atoms with Crippen LogP contribution in [0.2, 0.25) is 5.02 Å². The van der Waals surface area contributed by atoms with Crippen molar-refractivity contribution in [3.63, 3.8) is 0 Å².